The second-order valence-corrected chi connectivity index (χ2v) is 8.64. The van der Waals surface area contributed by atoms with Gasteiger partial charge in [-0.2, -0.15) is 13.8 Å². The van der Waals surface area contributed by atoms with Gasteiger partial charge in [-0.25, -0.2) is 4.98 Å². The van der Waals surface area contributed by atoms with Gasteiger partial charge < -0.3 is 0 Å². The molecular weight excluding hydrogens is 442 g/mol. The maximum atomic E-state index is 14.2. The molecule has 0 fully saturated rings. The molecule has 0 atom stereocenters. The molecule has 0 aliphatic rings. The predicted molar refractivity (Wildman–Crippen MR) is 124 cm³/mol. The van der Waals surface area contributed by atoms with E-state index in [0.717, 1.165) is 11.0 Å². The van der Waals surface area contributed by atoms with Crippen LogP contribution in [0.15, 0.2) is 83.8 Å². The third kappa shape index (κ3) is 5.06. The van der Waals surface area contributed by atoms with Gasteiger partial charge in [0.25, 0.3) is 5.91 Å². The Morgan fingerprint density at radius 1 is 0.818 bits per heavy atom. The summed E-state index contributed by atoms with van der Waals surface area (Å²) in [5.74, 6) is -2.13. The van der Waals surface area contributed by atoms with Crippen molar-refractivity contribution in [1.29, 1.82) is 0 Å². The zero-order valence-electron chi connectivity index (χ0n) is 17.9. The van der Waals surface area contributed by atoms with Crippen LogP contribution in [-0.4, -0.2) is 20.9 Å². The van der Waals surface area contributed by atoms with E-state index in [4.69, 9.17) is 0 Å². The topological polar surface area (TPSA) is 67.8 Å². The number of rotatable bonds is 6. The summed E-state index contributed by atoms with van der Waals surface area (Å²) in [6, 6.07) is 22.3. The molecule has 166 valence electrons. The van der Waals surface area contributed by atoms with E-state index in [0.29, 0.717) is 17.1 Å². The molecule has 1 aromatic carbocycles. The smallest absolute Gasteiger partial charge is 0.279 e. The van der Waals surface area contributed by atoms with Crippen LogP contribution in [0.1, 0.15) is 35.7 Å². The van der Waals surface area contributed by atoms with Crippen molar-refractivity contribution >= 4 is 17.9 Å². The van der Waals surface area contributed by atoms with Gasteiger partial charge in [0.15, 0.2) is 0 Å². The maximum absolute atomic E-state index is 14.2. The lowest BCUT2D eigenvalue weighted by atomic mass is 9.84. The van der Waals surface area contributed by atoms with Crippen LogP contribution in [-0.2, 0) is 5.41 Å². The van der Waals surface area contributed by atoms with Gasteiger partial charge in [0.1, 0.15) is 5.69 Å². The van der Waals surface area contributed by atoms with Crippen molar-refractivity contribution in [2.24, 2.45) is 0 Å². The number of carbonyl (C=O) groups is 1. The number of benzene rings is 1. The zero-order valence-corrected chi connectivity index (χ0v) is 18.7. The molecule has 1 N–H and O–H groups in total. The van der Waals surface area contributed by atoms with Crippen LogP contribution < -0.4 is 4.72 Å². The Balaban J connectivity index is 1.59. The average molecular weight is 463 g/mol. The molecule has 3 aromatic heterocycles. The SMILES string of the molecule is CC(C)(c1cccc(C(=O)NSc2ccccc2)n1)c1cccc(-c2ccc(F)nc2F)n1. The number of carbonyl (C=O) groups excluding carboxylic acids is 1. The highest BCUT2D eigenvalue weighted by molar-refractivity contribution is 7.98. The second kappa shape index (κ2) is 9.46. The van der Waals surface area contributed by atoms with E-state index in [2.05, 4.69) is 19.7 Å². The third-order valence-electron chi connectivity index (χ3n) is 5.11. The van der Waals surface area contributed by atoms with E-state index in [1.54, 1.807) is 30.3 Å². The minimum absolute atomic E-state index is 0.105. The molecule has 8 heteroatoms. The average Bonchev–Trinajstić information content (AvgIpc) is 2.83. The Bertz CT molecular complexity index is 1300. The van der Waals surface area contributed by atoms with Crippen LogP contribution in [0.25, 0.3) is 11.3 Å². The fraction of sp³-hybridized carbons (Fsp3) is 0.120. The van der Waals surface area contributed by atoms with E-state index in [-0.39, 0.29) is 17.2 Å². The zero-order chi connectivity index (χ0) is 23.4. The first-order valence-corrected chi connectivity index (χ1v) is 11.0. The summed E-state index contributed by atoms with van der Waals surface area (Å²) >= 11 is 1.21. The standard InChI is InChI=1S/C25H20F2N4OS/c1-25(2,20-12-6-10-18(28-20)17-14-15-22(26)30-23(17)27)21-13-7-11-19(29-21)24(32)31-33-16-8-4-3-5-9-16/h3-15H,1-2H3,(H,31,32). The first kappa shape index (κ1) is 22.5. The number of hydrogen-bond acceptors (Lipinski definition) is 5. The molecule has 0 aliphatic heterocycles. The molecule has 0 unspecified atom stereocenters. The molecule has 4 rings (SSSR count). The quantitative estimate of drug-likeness (QED) is 0.299. The molecule has 1 amide bonds. The number of amides is 1. The van der Waals surface area contributed by atoms with Crippen molar-refractivity contribution in [3.63, 3.8) is 0 Å². The van der Waals surface area contributed by atoms with Gasteiger partial charge >= 0.3 is 0 Å². The fourth-order valence-corrected chi connectivity index (χ4v) is 3.83. The first-order chi connectivity index (χ1) is 15.8. The Labute approximate surface area is 194 Å². The molecule has 5 nitrogen and oxygen atoms in total. The number of aromatic nitrogens is 3. The van der Waals surface area contributed by atoms with E-state index in [9.17, 15) is 13.6 Å². The van der Waals surface area contributed by atoms with Gasteiger partial charge in [0.2, 0.25) is 11.9 Å². The highest BCUT2D eigenvalue weighted by Crippen LogP contribution is 2.31. The molecule has 0 radical (unpaired) electrons. The number of halogens is 2. The lowest BCUT2D eigenvalue weighted by molar-refractivity contribution is 0.0979. The lowest BCUT2D eigenvalue weighted by Crippen LogP contribution is -2.25. The molecular formula is C25H20F2N4OS. The molecule has 33 heavy (non-hydrogen) atoms. The molecule has 0 saturated heterocycles. The Hall–Kier alpha value is -3.65. The van der Waals surface area contributed by atoms with E-state index >= 15 is 0 Å². The molecule has 0 bridgehead atoms. The summed E-state index contributed by atoms with van der Waals surface area (Å²) in [5.41, 5.74) is 1.26. The Morgan fingerprint density at radius 3 is 2.24 bits per heavy atom. The van der Waals surface area contributed by atoms with Gasteiger partial charge in [-0.1, -0.05) is 30.3 Å². The highest BCUT2D eigenvalue weighted by Gasteiger charge is 2.28. The summed E-state index contributed by atoms with van der Waals surface area (Å²) in [5, 5.41) is 0. The van der Waals surface area contributed by atoms with Gasteiger partial charge in [0, 0.05) is 10.3 Å². The van der Waals surface area contributed by atoms with E-state index in [1.165, 1.54) is 18.0 Å². The van der Waals surface area contributed by atoms with Crippen molar-refractivity contribution in [1.82, 2.24) is 19.7 Å². The van der Waals surface area contributed by atoms with Crippen molar-refractivity contribution in [3.05, 3.63) is 108 Å². The number of nitrogens with zero attached hydrogens (tertiary/aromatic N) is 3. The number of nitrogens with one attached hydrogen (secondary N) is 1. The molecule has 4 aromatic rings. The second-order valence-electron chi connectivity index (χ2n) is 7.76. The highest BCUT2D eigenvalue weighted by atomic mass is 32.2. The van der Waals surface area contributed by atoms with Gasteiger partial charge in [-0.15, -0.1) is 0 Å². The summed E-state index contributed by atoms with van der Waals surface area (Å²) in [6.45, 7) is 3.84. The largest absolute Gasteiger partial charge is 0.291 e. The maximum Gasteiger partial charge on any atom is 0.279 e. The van der Waals surface area contributed by atoms with Gasteiger partial charge in [0.05, 0.1) is 22.6 Å². The van der Waals surface area contributed by atoms with Crippen molar-refractivity contribution < 1.29 is 13.6 Å². The lowest BCUT2D eigenvalue weighted by Gasteiger charge is -2.24. The number of pyridine rings is 3. The van der Waals surface area contributed by atoms with Crippen molar-refractivity contribution in [2.75, 3.05) is 0 Å². The molecule has 0 aliphatic carbocycles. The Kier molecular flexibility index (Phi) is 6.46. The van der Waals surface area contributed by atoms with Crippen LogP contribution in [0.2, 0.25) is 0 Å². The minimum Gasteiger partial charge on any atom is -0.291 e. The molecule has 3 heterocycles. The van der Waals surface area contributed by atoms with Gasteiger partial charge in [-0.05, 0) is 74.3 Å². The third-order valence-corrected chi connectivity index (χ3v) is 5.90. The fourth-order valence-electron chi connectivity index (χ4n) is 3.22. The summed E-state index contributed by atoms with van der Waals surface area (Å²) < 4.78 is 30.2. The summed E-state index contributed by atoms with van der Waals surface area (Å²) in [4.78, 5) is 25.9. The normalized spacial score (nSPS) is 11.3. The van der Waals surface area contributed by atoms with Crippen LogP contribution >= 0.6 is 11.9 Å². The first-order valence-electron chi connectivity index (χ1n) is 10.1. The number of hydrogen-bond donors (Lipinski definition) is 1. The summed E-state index contributed by atoms with van der Waals surface area (Å²) in [6.07, 6.45) is 0. The monoisotopic (exact) mass is 462 g/mol. The molecule has 0 spiro atoms. The predicted octanol–water partition coefficient (Wildman–Crippen LogP) is 5.58. The van der Waals surface area contributed by atoms with E-state index in [1.807, 2.05) is 50.2 Å². The van der Waals surface area contributed by atoms with Crippen LogP contribution in [0.5, 0.6) is 0 Å². The van der Waals surface area contributed by atoms with Crippen LogP contribution in [0.4, 0.5) is 8.78 Å². The van der Waals surface area contributed by atoms with Gasteiger partial charge in [-0.3, -0.25) is 14.5 Å². The van der Waals surface area contributed by atoms with Crippen molar-refractivity contribution in [3.8, 4) is 11.3 Å². The van der Waals surface area contributed by atoms with Crippen LogP contribution in [0, 0.1) is 11.9 Å². The van der Waals surface area contributed by atoms with Crippen molar-refractivity contribution in [2.45, 2.75) is 24.2 Å². The Morgan fingerprint density at radius 2 is 1.52 bits per heavy atom. The molecule has 0 saturated carbocycles. The van der Waals surface area contributed by atoms with E-state index < -0.39 is 17.3 Å². The van der Waals surface area contributed by atoms with Crippen LogP contribution in [0.3, 0.4) is 0 Å². The summed E-state index contributed by atoms with van der Waals surface area (Å²) in [7, 11) is 0. The minimum atomic E-state index is -0.926.